The predicted octanol–water partition coefficient (Wildman–Crippen LogP) is 4.17. The molecule has 0 bridgehead atoms. The van der Waals surface area contributed by atoms with Gasteiger partial charge in [0.25, 0.3) is 15.9 Å². The van der Waals surface area contributed by atoms with Crippen LogP contribution in [0.2, 0.25) is 15.2 Å². The molecule has 1 aromatic heterocycles. The number of hydrogen-bond donors (Lipinski definition) is 1. The van der Waals surface area contributed by atoms with Gasteiger partial charge in [0.1, 0.15) is 21.6 Å². The molecule has 0 fully saturated rings. The van der Waals surface area contributed by atoms with E-state index in [1.54, 1.807) is 31.3 Å². The average Bonchev–Trinajstić information content (AvgIpc) is 2.97. The number of nitrogens with one attached hydrogen (secondary N) is 1. The summed E-state index contributed by atoms with van der Waals surface area (Å²) in [6, 6.07) is 10.9. The van der Waals surface area contributed by atoms with Crippen LogP contribution in [0.25, 0.3) is 11.4 Å². The summed E-state index contributed by atoms with van der Waals surface area (Å²) in [6.07, 6.45) is 0. The molecule has 7 nitrogen and oxygen atoms in total. The lowest BCUT2D eigenvalue weighted by molar-refractivity contribution is 0.0977. The van der Waals surface area contributed by atoms with Gasteiger partial charge in [-0.3, -0.25) is 4.79 Å². The maximum Gasteiger partial charge on any atom is 0.286 e. The van der Waals surface area contributed by atoms with Gasteiger partial charge in [-0.05, 0) is 24.3 Å². The van der Waals surface area contributed by atoms with E-state index in [4.69, 9.17) is 39.5 Å². The lowest BCUT2D eigenvalue weighted by atomic mass is 10.2. The van der Waals surface area contributed by atoms with Gasteiger partial charge in [0.2, 0.25) is 0 Å². The largest absolute Gasteiger partial charge is 0.497 e. The summed E-state index contributed by atoms with van der Waals surface area (Å²) in [7, 11) is -1.35. The lowest BCUT2D eigenvalue weighted by Gasteiger charge is -2.09. The highest BCUT2D eigenvalue weighted by Crippen LogP contribution is 2.31. The summed E-state index contributed by atoms with van der Waals surface area (Å²) in [5.41, 5.74) is 0.267. The van der Waals surface area contributed by atoms with Gasteiger partial charge in [0.05, 0.1) is 17.2 Å². The predicted molar refractivity (Wildman–Crippen MR) is 111 cm³/mol. The molecule has 1 amide bonds. The Labute approximate surface area is 182 Å². The third-order valence-corrected chi connectivity index (χ3v) is 6.58. The number of carbonyl (C=O) groups excluding carboxylic acids is 1. The number of benzene rings is 2. The van der Waals surface area contributed by atoms with Crippen molar-refractivity contribution in [3.05, 3.63) is 63.4 Å². The van der Waals surface area contributed by atoms with Crippen LogP contribution in [-0.2, 0) is 17.1 Å². The first kappa shape index (κ1) is 21.4. The third kappa shape index (κ3) is 4.20. The Balaban J connectivity index is 1.98. The van der Waals surface area contributed by atoms with Crippen LogP contribution in [0.1, 0.15) is 10.5 Å². The van der Waals surface area contributed by atoms with Gasteiger partial charge in [-0.25, -0.2) is 18.1 Å². The van der Waals surface area contributed by atoms with E-state index in [2.05, 4.69) is 4.98 Å². The number of imidazole rings is 1. The Bertz CT molecular complexity index is 1210. The zero-order valence-electron chi connectivity index (χ0n) is 15.1. The Kier molecular flexibility index (Phi) is 6.09. The molecule has 29 heavy (non-hydrogen) atoms. The zero-order chi connectivity index (χ0) is 21.3. The molecule has 1 heterocycles. The number of sulfonamides is 1. The summed E-state index contributed by atoms with van der Waals surface area (Å²) in [5, 5.41) is 0.277. The topological polar surface area (TPSA) is 90.3 Å². The highest BCUT2D eigenvalue weighted by atomic mass is 35.5. The van der Waals surface area contributed by atoms with Crippen LogP contribution < -0.4 is 9.46 Å². The van der Waals surface area contributed by atoms with Gasteiger partial charge in [-0.15, -0.1) is 0 Å². The molecule has 0 saturated carbocycles. The molecule has 2 aromatic carbocycles. The van der Waals surface area contributed by atoms with E-state index < -0.39 is 15.9 Å². The first-order valence-corrected chi connectivity index (χ1v) is 10.6. The van der Waals surface area contributed by atoms with Crippen molar-refractivity contribution in [1.29, 1.82) is 0 Å². The molecule has 0 unspecified atom stereocenters. The van der Waals surface area contributed by atoms with E-state index in [9.17, 15) is 13.2 Å². The van der Waals surface area contributed by atoms with Crippen LogP contribution in [0.4, 0.5) is 0 Å². The van der Waals surface area contributed by atoms with Crippen LogP contribution in [0.15, 0.2) is 47.4 Å². The second-order valence-electron chi connectivity index (χ2n) is 5.84. The summed E-state index contributed by atoms with van der Waals surface area (Å²) < 4.78 is 33.7. The van der Waals surface area contributed by atoms with E-state index in [0.717, 1.165) is 0 Å². The molecule has 11 heteroatoms. The molecule has 0 saturated heterocycles. The molecule has 0 aliphatic rings. The Morgan fingerprint density at radius 3 is 2.45 bits per heavy atom. The van der Waals surface area contributed by atoms with Crippen molar-refractivity contribution in [2.24, 2.45) is 7.05 Å². The molecule has 0 spiro atoms. The van der Waals surface area contributed by atoms with E-state index >= 15 is 0 Å². The molecule has 3 aromatic rings. The summed E-state index contributed by atoms with van der Waals surface area (Å²) in [5.74, 6) is -0.440. The standard InChI is InChI=1S/C18H14Cl3N3O4S/c1-24-16(21)15(22-17(24)11-5-3-4-6-12(11)19)18(25)23-29(26,27)14-9-10(28-2)7-8-13(14)20/h3-9H,1-2H3,(H,23,25). The third-order valence-electron chi connectivity index (χ3n) is 4.01. The van der Waals surface area contributed by atoms with Crippen molar-refractivity contribution in [1.82, 2.24) is 14.3 Å². The number of methoxy groups -OCH3 is 1. The van der Waals surface area contributed by atoms with E-state index in [1.807, 2.05) is 4.72 Å². The van der Waals surface area contributed by atoms with Crippen LogP contribution in [-0.4, -0.2) is 31.0 Å². The molecule has 0 radical (unpaired) electrons. The Morgan fingerprint density at radius 1 is 1.10 bits per heavy atom. The number of amides is 1. The van der Waals surface area contributed by atoms with Crippen molar-refractivity contribution >= 4 is 50.7 Å². The van der Waals surface area contributed by atoms with Crippen molar-refractivity contribution in [2.75, 3.05) is 7.11 Å². The molecular formula is C18H14Cl3N3O4S. The molecule has 0 aliphatic heterocycles. The quantitative estimate of drug-likeness (QED) is 0.599. The van der Waals surface area contributed by atoms with Crippen molar-refractivity contribution in [3.8, 4) is 17.1 Å². The monoisotopic (exact) mass is 473 g/mol. The van der Waals surface area contributed by atoms with E-state index in [0.29, 0.717) is 16.4 Å². The zero-order valence-corrected chi connectivity index (χ0v) is 18.2. The van der Waals surface area contributed by atoms with E-state index in [1.165, 1.54) is 29.9 Å². The molecule has 1 N–H and O–H groups in total. The number of halogens is 3. The SMILES string of the molecule is COc1ccc(Cl)c(S(=O)(=O)NC(=O)c2nc(-c3ccccc3Cl)n(C)c2Cl)c1. The van der Waals surface area contributed by atoms with Crippen molar-refractivity contribution in [3.63, 3.8) is 0 Å². The average molecular weight is 475 g/mol. The molecular weight excluding hydrogens is 461 g/mol. The first-order valence-electron chi connectivity index (χ1n) is 8.03. The van der Waals surface area contributed by atoms with Crippen LogP contribution >= 0.6 is 34.8 Å². The number of ether oxygens (including phenoxy) is 1. The molecule has 3 rings (SSSR count). The Hall–Kier alpha value is -2.26. The molecule has 0 aliphatic carbocycles. The number of aromatic nitrogens is 2. The number of nitrogens with zero attached hydrogens (tertiary/aromatic N) is 2. The highest BCUT2D eigenvalue weighted by molar-refractivity contribution is 7.90. The smallest absolute Gasteiger partial charge is 0.286 e. The minimum Gasteiger partial charge on any atom is -0.497 e. The van der Waals surface area contributed by atoms with E-state index in [-0.39, 0.29) is 26.5 Å². The fourth-order valence-corrected chi connectivity index (χ4v) is 4.45. The molecule has 0 atom stereocenters. The molecule has 152 valence electrons. The minimum absolute atomic E-state index is 0.0515. The normalized spacial score (nSPS) is 11.3. The second kappa shape index (κ2) is 8.23. The van der Waals surface area contributed by atoms with Crippen LogP contribution in [0.3, 0.4) is 0 Å². The van der Waals surface area contributed by atoms with Crippen LogP contribution in [0.5, 0.6) is 5.75 Å². The minimum atomic E-state index is -4.31. The maximum absolute atomic E-state index is 12.7. The van der Waals surface area contributed by atoms with Gasteiger partial charge in [-0.1, -0.05) is 46.9 Å². The number of hydrogen-bond acceptors (Lipinski definition) is 5. The van der Waals surface area contributed by atoms with Gasteiger partial charge in [-0.2, -0.15) is 0 Å². The fourth-order valence-electron chi connectivity index (χ4n) is 2.55. The van der Waals surface area contributed by atoms with Gasteiger partial charge in [0.15, 0.2) is 5.69 Å². The summed E-state index contributed by atoms with van der Waals surface area (Å²) >= 11 is 18.4. The Morgan fingerprint density at radius 2 is 1.79 bits per heavy atom. The first-order chi connectivity index (χ1) is 13.7. The number of rotatable bonds is 5. The number of carbonyl (C=O) groups is 1. The second-order valence-corrected chi connectivity index (χ2v) is 8.67. The van der Waals surface area contributed by atoms with Gasteiger partial charge < -0.3 is 9.30 Å². The summed E-state index contributed by atoms with van der Waals surface area (Å²) in [4.78, 5) is 16.5. The van der Waals surface area contributed by atoms with Crippen molar-refractivity contribution in [2.45, 2.75) is 4.90 Å². The fraction of sp³-hybridized carbons (Fsp3) is 0.111. The van der Waals surface area contributed by atoms with Gasteiger partial charge >= 0.3 is 0 Å². The van der Waals surface area contributed by atoms with Gasteiger partial charge in [0, 0.05) is 18.7 Å². The maximum atomic E-state index is 12.7. The van der Waals surface area contributed by atoms with Crippen molar-refractivity contribution < 1.29 is 17.9 Å². The highest BCUT2D eigenvalue weighted by Gasteiger charge is 2.27. The van der Waals surface area contributed by atoms with Crippen LogP contribution in [0, 0.1) is 0 Å². The lowest BCUT2D eigenvalue weighted by Crippen LogP contribution is -2.31. The summed E-state index contributed by atoms with van der Waals surface area (Å²) in [6.45, 7) is 0.